The second-order valence-corrected chi connectivity index (χ2v) is 6.16. The number of unbranched alkanes of at least 4 members (excludes halogenated alkanes) is 3. The van der Waals surface area contributed by atoms with Crippen LogP contribution in [-0.4, -0.2) is 36.8 Å². The fourth-order valence-electron chi connectivity index (χ4n) is 2.68. The number of anilines is 1. The summed E-state index contributed by atoms with van der Waals surface area (Å²) in [5.41, 5.74) is 0.526. The number of carbonyl (C=O) groups excluding carboxylic acids is 4. The predicted molar refractivity (Wildman–Crippen MR) is 95.6 cm³/mol. The van der Waals surface area contributed by atoms with E-state index in [0.717, 1.165) is 30.6 Å². The molecule has 1 saturated heterocycles. The van der Waals surface area contributed by atoms with Gasteiger partial charge in [0.1, 0.15) is 0 Å². The van der Waals surface area contributed by atoms with Gasteiger partial charge in [-0.1, -0.05) is 32.3 Å². The lowest BCUT2D eigenvalue weighted by Crippen LogP contribution is -2.30. The Balaban J connectivity index is 1.84. The molecule has 0 saturated carbocycles. The summed E-state index contributed by atoms with van der Waals surface area (Å²) in [4.78, 5) is 48.4. The Morgan fingerprint density at radius 3 is 2.54 bits per heavy atom. The number of ether oxygens (including phenoxy) is 1. The van der Waals surface area contributed by atoms with E-state index in [-0.39, 0.29) is 42.7 Å². The molecule has 1 heterocycles. The van der Waals surface area contributed by atoms with E-state index in [2.05, 4.69) is 12.2 Å². The molecule has 1 aliphatic rings. The Morgan fingerprint density at radius 2 is 1.85 bits per heavy atom. The number of carbonyl (C=O) groups is 4. The second kappa shape index (κ2) is 9.70. The molecule has 0 aliphatic carbocycles. The first-order valence-corrected chi connectivity index (χ1v) is 8.92. The molecular weight excluding hydrogens is 336 g/mol. The summed E-state index contributed by atoms with van der Waals surface area (Å²) in [7, 11) is 0. The Kier molecular flexibility index (Phi) is 7.32. The maximum atomic E-state index is 12.1. The first kappa shape index (κ1) is 19.6. The molecule has 0 atom stereocenters. The van der Waals surface area contributed by atoms with Crippen LogP contribution in [0.15, 0.2) is 24.3 Å². The number of esters is 1. The average molecular weight is 360 g/mol. The Hall–Kier alpha value is -2.70. The SMILES string of the molecule is CCCCCCNC(=O)COC(=O)c1cccc(N2C(=O)CCC2=O)c1. The number of hydrogen-bond acceptors (Lipinski definition) is 5. The van der Waals surface area contributed by atoms with Gasteiger partial charge in [0.05, 0.1) is 11.3 Å². The van der Waals surface area contributed by atoms with Gasteiger partial charge in [-0.25, -0.2) is 4.79 Å². The van der Waals surface area contributed by atoms with Gasteiger partial charge in [0.2, 0.25) is 11.8 Å². The van der Waals surface area contributed by atoms with E-state index in [4.69, 9.17) is 4.74 Å². The van der Waals surface area contributed by atoms with Crippen molar-refractivity contribution in [1.29, 1.82) is 0 Å². The largest absolute Gasteiger partial charge is 0.452 e. The zero-order chi connectivity index (χ0) is 18.9. The van der Waals surface area contributed by atoms with E-state index in [1.165, 1.54) is 12.1 Å². The molecule has 0 aromatic heterocycles. The minimum Gasteiger partial charge on any atom is -0.452 e. The van der Waals surface area contributed by atoms with Crippen molar-refractivity contribution in [3.05, 3.63) is 29.8 Å². The van der Waals surface area contributed by atoms with Crippen molar-refractivity contribution in [2.24, 2.45) is 0 Å². The first-order valence-electron chi connectivity index (χ1n) is 8.92. The minimum absolute atomic E-state index is 0.173. The number of benzene rings is 1. The van der Waals surface area contributed by atoms with E-state index in [9.17, 15) is 19.2 Å². The van der Waals surface area contributed by atoms with Gasteiger partial charge in [0, 0.05) is 19.4 Å². The predicted octanol–water partition coefficient (Wildman–Crippen LogP) is 2.19. The fraction of sp³-hybridized carbons (Fsp3) is 0.474. The highest BCUT2D eigenvalue weighted by Gasteiger charge is 2.30. The van der Waals surface area contributed by atoms with Gasteiger partial charge in [-0.2, -0.15) is 0 Å². The number of nitrogens with zero attached hydrogens (tertiary/aromatic N) is 1. The van der Waals surface area contributed by atoms with Gasteiger partial charge >= 0.3 is 5.97 Å². The van der Waals surface area contributed by atoms with Crippen molar-refractivity contribution in [2.45, 2.75) is 45.4 Å². The Labute approximate surface area is 152 Å². The van der Waals surface area contributed by atoms with Crippen molar-refractivity contribution in [1.82, 2.24) is 5.32 Å². The number of nitrogens with one attached hydrogen (secondary N) is 1. The lowest BCUT2D eigenvalue weighted by Gasteiger charge is -2.14. The molecule has 0 unspecified atom stereocenters. The highest BCUT2D eigenvalue weighted by molar-refractivity contribution is 6.20. The molecule has 1 aliphatic heterocycles. The molecular formula is C19H24N2O5. The van der Waals surface area contributed by atoms with Gasteiger partial charge < -0.3 is 10.1 Å². The molecule has 7 heteroatoms. The third kappa shape index (κ3) is 5.40. The van der Waals surface area contributed by atoms with Crippen LogP contribution in [0.3, 0.4) is 0 Å². The summed E-state index contributed by atoms with van der Waals surface area (Å²) in [5.74, 6) is -1.60. The van der Waals surface area contributed by atoms with Gasteiger partial charge in [-0.3, -0.25) is 19.3 Å². The Bertz CT molecular complexity index is 670. The van der Waals surface area contributed by atoms with Crippen LogP contribution in [0.25, 0.3) is 0 Å². The highest BCUT2D eigenvalue weighted by atomic mass is 16.5. The van der Waals surface area contributed by atoms with Crippen LogP contribution in [-0.2, 0) is 19.1 Å². The third-order valence-electron chi connectivity index (χ3n) is 4.08. The second-order valence-electron chi connectivity index (χ2n) is 6.16. The van der Waals surface area contributed by atoms with E-state index < -0.39 is 5.97 Å². The molecule has 26 heavy (non-hydrogen) atoms. The summed E-state index contributed by atoms with van der Waals surface area (Å²) in [6.45, 7) is 2.31. The summed E-state index contributed by atoms with van der Waals surface area (Å²) in [6.07, 6.45) is 4.55. The molecule has 7 nitrogen and oxygen atoms in total. The van der Waals surface area contributed by atoms with Crippen LogP contribution < -0.4 is 10.2 Å². The molecule has 1 fully saturated rings. The van der Waals surface area contributed by atoms with Gasteiger partial charge in [-0.15, -0.1) is 0 Å². The standard InChI is InChI=1S/C19H24N2O5/c1-2-3-4-5-11-20-16(22)13-26-19(25)14-7-6-8-15(12-14)21-17(23)9-10-18(21)24/h6-8,12H,2-5,9-11,13H2,1H3,(H,20,22). The van der Waals surface area contributed by atoms with Crippen molar-refractivity contribution in [3.8, 4) is 0 Å². The van der Waals surface area contributed by atoms with Crippen molar-refractivity contribution >= 4 is 29.4 Å². The van der Waals surface area contributed by atoms with Crippen molar-refractivity contribution < 1.29 is 23.9 Å². The normalized spacial score (nSPS) is 13.8. The molecule has 0 spiro atoms. The maximum absolute atomic E-state index is 12.1. The monoisotopic (exact) mass is 360 g/mol. The van der Waals surface area contributed by atoms with Gasteiger partial charge in [0.25, 0.3) is 5.91 Å². The fourth-order valence-corrected chi connectivity index (χ4v) is 2.68. The molecule has 3 amide bonds. The zero-order valence-electron chi connectivity index (χ0n) is 15.0. The number of amides is 3. The number of imide groups is 1. The lowest BCUT2D eigenvalue weighted by molar-refractivity contribution is -0.124. The quantitative estimate of drug-likeness (QED) is 0.414. The van der Waals surface area contributed by atoms with E-state index >= 15 is 0 Å². The zero-order valence-corrected chi connectivity index (χ0v) is 15.0. The van der Waals surface area contributed by atoms with Crippen LogP contribution >= 0.6 is 0 Å². The van der Waals surface area contributed by atoms with Crippen molar-refractivity contribution in [3.63, 3.8) is 0 Å². The number of hydrogen-bond donors (Lipinski definition) is 1. The van der Waals surface area contributed by atoms with Crippen LogP contribution in [0, 0.1) is 0 Å². The third-order valence-corrected chi connectivity index (χ3v) is 4.08. The maximum Gasteiger partial charge on any atom is 0.338 e. The first-order chi connectivity index (χ1) is 12.5. The lowest BCUT2D eigenvalue weighted by atomic mass is 10.2. The summed E-state index contributed by atoms with van der Waals surface area (Å²) in [5, 5.41) is 2.70. The van der Waals surface area contributed by atoms with Crippen LogP contribution in [0.2, 0.25) is 0 Å². The highest BCUT2D eigenvalue weighted by Crippen LogP contribution is 2.23. The summed E-state index contributed by atoms with van der Waals surface area (Å²) >= 11 is 0. The topological polar surface area (TPSA) is 92.8 Å². The van der Waals surface area contributed by atoms with Gasteiger partial charge in [0.15, 0.2) is 6.61 Å². The van der Waals surface area contributed by atoms with E-state index in [1.807, 2.05) is 0 Å². The summed E-state index contributed by atoms with van der Waals surface area (Å²) < 4.78 is 5.00. The minimum atomic E-state index is -0.674. The van der Waals surface area contributed by atoms with E-state index in [1.54, 1.807) is 12.1 Å². The number of rotatable bonds is 9. The molecule has 1 aromatic rings. The molecule has 2 rings (SSSR count). The van der Waals surface area contributed by atoms with Crippen LogP contribution in [0.1, 0.15) is 55.8 Å². The molecule has 1 aromatic carbocycles. The van der Waals surface area contributed by atoms with Crippen molar-refractivity contribution in [2.75, 3.05) is 18.1 Å². The average Bonchev–Trinajstić information content (AvgIpc) is 2.98. The molecule has 140 valence electrons. The van der Waals surface area contributed by atoms with E-state index in [0.29, 0.717) is 12.2 Å². The van der Waals surface area contributed by atoms with Crippen LogP contribution in [0.4, 0.5) is 5.69 Å². The summed E-state index contributed by atoms with van der Waals surface area (Å²) in [6, 6.07) is 6.09. The molecule has 1 N–H and O–H groups in total. The molecule has 0 radical (unpaired) electrons. The Morgan fingerprint density at radius 1 is 1.12 bits per heavy atom. The molecule has 0 bridgehead atoms. The van der Waals surface area contributed by atoms with Gasteiger partial charge in [-0.05, 0) is 24.6 Å². The van der Waals surface area contributed by atoms with Crippen LogP contribution in [0.5, 0.6) is 0 Å². The smallest absolute Gasteiger partial charge is 0.338 e.